The molecular weight excluding hydrogens is 471 g/mol. The van der Waals surface area contributed by atoms with Crippen LogP contribution in [0.15, 0.2) is 48.5 Å². The van der Waals surface area contributed by atoms with E-state index < -0.39 is 30.4 Å². The highest BCUT2D eigenvalue weighted by Gasteiger charge is 2.20. The van der Waals surface area contributed by atoms with Crippen LogP contribution in [0.5, 0.6) is 0 Å². The van der Waals surface area contributed by atoms with Gasteiger partial charge in [-0.15, -0.1) is 0 Å². The predicted octanol–water partition coefficient (Wildman–Crippen LogP) is 3.24. The number of nitrogens with one attached hydrogen (secondary N) is 2. The fraction of sp³-hybridized carbons (Fsp3) is 0.167. The monoisotopic (exact) mass is 486 g/mol. The van der Waals surface area contributed by atoms with Crippen molar-refractivity contribution >= 4 is 57.7 Å². The van der Waals surface area contributed by atoms with Crippen molar-refractivity contribution in [2.75, 3.05) is 11.9 Å². The Balaban J connectivity index is 1.82. The van der Waals surface area contributed by atoms with E-state index in [1.165, 1.54) is 6.92 Å². The Kier molecular flexibility index (Phi) is 7.40. The van der Waals surface area contributed by atoms with E-state index in [0.717, 1.165) is 3.57 Å². The van der Waals surface area contributed by atoms with E-state index in [4.69, 9.17) is 16.3 Å². The molecule has 6 nitrogen and oxygen atoms in total. The lowest BCUT2D eigenvalue weighted by Crippen LogP contribution is -2.40. The number of amides is 2. The third-order valence-corrected chi connectivity index (χ3v) is 4.27. The zero-order valence-corrected chi connectivity index (χ0v) is 16.7. The number of benzene rings is 2. The van der Waals surface area contributed by atoms with Crippen LogP contribution in [0.4, 0.5) is 5.69 Å². The second-order valence-electron chi connectivity index (χ2n) is 5.34. The van der Waals surface area contributed by atoms with Crippen molar-refractivity contribution in [3.63, 3.8) is 0 Å². The van der Waals surface area contributed by atoms with Gasteiger partial charge < -0.3 is 15.4 Å². The van der Waals surface area contributed by atoms with E-state index in [2.05, 4.69) is 33.2 Å². The van der Waals surface area contributed by atoms with Gasteiger partial charge in [-0.3, -0.25) is 9.59 Å². The number of carbonyl (C=O) groups excluding carboxylic acids is 3. The molecule has 26 heavy (non-hydrogen) atoms. The molecule has 0 spiro atoms. The zero-order chi connectivity index (χ0) is 19.1. The van der Waals surface area contributed by atoms with Crippen LogP contribution in [-0.4, -0.2) is 30.4 Å². The summed E-state index contributed by atoms with van der Waals surface area (Å²) in [5.41, 5.74) is 0.864. The molecule has 0 aliphatic rings. The number of halogens is 2. The Labute approximate surface area is 169 Å². The van der Waals surface area contributed by atoms with Crippen molar-refractivity contribution in [1.29, 1.82) is 0 Å². The lowest BCUT2D eigenvalue weighted by atomic mass is 10.2. The van der Waals surface area contributed by atoms with Crippen LogP contribution >= 0.6 is 34.2 Å². The molecule has 2 aromatic rings. The van der Waals surface area contributed by atoms with Crippen LogP contribution in [-0.2, 0) is 14.3 Å². The molecular formula is C18H16ClIN2O4. The number of rotatable bonds is 6. The molecule has 2 N–H and O–H groups in total. The predicted molar refractivity (Wildman–Crippen MR) is 107 cm³/mol. The van der Waals surface area contributed by atoms with E-state index >= 15 is 0 Å². The first-order chi connectivity index (χ1) is 12.4. The molecule has 0 aliphatic carbocycles. The Morgan fingerprint density at radius 1 is 1.15 bits per heavy atom. The fourth-order valence-corrected chi connectivity index (χ4v) is 2.77. The summed E-state index contributed by atoms with van der Waals surface area (Å²) in [7, 11) is 0. The van der Waals surface area contributed by atoms with Gasteiger partial charge in [0.25, 0.3) is 11.8 Å². The summed E-state index contributed by atoms with van der Waals surface area (Å²) in [6.45, 7) is 1.02. The van der Waals surface area contributed by atoms with Gasteiger partial charge in [0, 0.05) is 9.26 Å². The third-order valence-electron chi connectivity index (χ3n) is 3.27. The van der Waals surface area contributed by atoms with Crippen molar-refractivity contribution < 1.29 is 19.1 Å². The molecule has 0 aromatic heterocycles. The Bertz CT molecular complexity index is 828. The molecule has 0 bridgehead atoms. The summed E-state index contributed by atoms with van der Waals surface area (Å²) >= 11 is 8.07. The molecule has 1 atom stereocenters. The first kappa shape index (κ1) is 20.2. The van der Waals surface area contributed by atoms with Crippen molar-refractivity contribution in [3.8, 4) is 0 Å². The van der Waals surface area contributed by atoms with Crippen LogP contribution in [0.25, 0.3) is 0 Å². The van der Waals surface area contributed by atoms with E-state index in [1.54, 1.807) is 42.5 Å². The first-order valence-electron chi connectivity index (χ1n) is 7.64. The minimum Gasteiger partial charge on any atom is -0.454 e. The van der Waals surface area contributed by atoms with Crippen molar-refractivity contribution in [3.05, 3.63) is 62.7 Å². The number of hydrogen-bond donors (Lipinski definition) is 2. The van der Waals surface area contributed by atoms with Crippen molar-refractivity contribution in [1.82, 2.24) is 5.32 Å². The van der Waals surface area contributed by atoms with Gasteiger partial charge in [0.05, 0.1) is 10.6 Å². The Hall–Kier alpha value is -2.13. The SMILES string of the molecule is C[C@H](NC(=O)c1ccccc1Cl)C(=O)OCC(=O)Nc1cccc(I)c1. The zero-order valence-electron chi connectivity index (χ0n) is 13.8. The van der Waals surface area contributed by atoms with Gasteiger partial charge in [-0.25, -0.2) is 4.79 Å². The topological polar surface area (TPSA) is 84.5 Å². The average molecular weight is 487 g/mol. The van der Waals surface area contributed by atoms with Crippen LogP contribution in [0.1, 0.15) is 17.3 Å². The van der Waals surface area contributed by atoms with Crippen LogP contribution < -0.4 is 10.6 Å². The van der Waals surface area contributed by atoms with Crippen molar-refractivity contribution in [2.45, 2.75) is 13.0 Å². The molecule has 0 aliphatic heterocycles. The van der Waals surface area contributed by atoms with Gasteiger partial charge >= 0.3 is 5.97 Å². The molecule has 2 amide bonds. The molecule has 0 unspecified atom stereocenters. The number of ether oxygens (including phenoxy) is 1. The largest absolute Gasteiger partial charge is 0.454 e. The highest BCUT2D eigenvalue weighted by atomic mass is 127. The van der Waals surface area contributed by atoms with Gasteiger partial charge in [-0.05, 0) is 59.8 Å². The van der Waals surface area contributed by atoms with Gasteiger partial charge in [0.2, 0.25) is 0 Å². The lowest BCUT2D eigenvalue weighted by Gasteiger charge is -2.14. The average Bonchev–Trinajstić information content (AvgIpc) is 2.59. The molecule has 0 radical (unpaired) electrons. The Morgan fingerprint density at radius 2 is 1.88 bits per heavy atom. The molecule has 2 aromatic carbocycles. The maximum Gasteiger partial charge on any atom is 0.328 e. The summed E-state index contributed by atoms with van der Waals surface area (Å²) in [4.78, 5) is 35.9. The minimum absolute atomic E-state index is 0.255. The van der Waals surface area contributed by atoms with E-state index in [0.29, 0.717) is 5.69 Å². The highest BCUT2D eigenvalue weighted by Crippen LogP contribution is 2.15. The first-order valence-corrected chi connectivity index (χ1v) is 9.10. The fourth-order valence-electron chi connectivity index (χ4n) is 2.00. The molecule has 2 rings (SSSR count). The van der Waals surface area contributed by atoms with E-state index in [9.17, 15) is 14.4 Å². The lowest BCUT2D eigenvalue weighted by molar-refractivity contribution is -0.148. The maximum atomic E-state index is 12.1. The summed E-state index contributed by atoms with van der Waals surface area (Å²) in [6.07, 6.45) is 0. The summed E-state index contributed by atoms with van der Waals surface area (Å²) in [5, 5.41) is 5.39. The maximum absolute atomic E-state index is 12.1. The highest BCUT2D eigenvalue weighted by molar-refractivity contribution is 14.1. The van der Waals surface area contributed by atoms with Crippen LogP contribution in [0.3, 0.4) is 0 Å². The van der Waals surface area contributed by atoms with Gasteiger partial charge in [-0.2, -0.15) is 0 Å². The smallest absolute Gasteiger partial charge is 0.328 e. The van der Waals surface area contributed by atoms with Gasteiger partial charge in [-0.1, -0.05) is 29.8 Å². The number of carbonyl (C=O) groups is 3. The quantitative estimate of drug-likeness (QED) is 0.485. The number of esters is 1. The van der Waals surface area contributed by atoms with Gasteiger partial charge in [0.15, 0.2) is 6.61 Å². The molecule has 0 saturated heterocycles. The standard InChI is InChI=1S/C18H16ClIN2O4/c1-11(21-17(24)14-7-2-3-8-15(14)19)18(25)26-10-16(23)22-13-6-4-5-12(20)9-13/h2-9,11H,10H2,1H3,(H,21,24)(H,22,23)/t11-/m0/s1. The summed E-state index contributed by atoms with van der Waals surface area (Å²) in [5.74, 6) is -1.68. The minimum atomic E-state index is -0.927. The second-order valence-corrected chi connectivity index (χ2v) is 6.99. The molecule has 0 fully saturated rings. The molecule has 0 heterocycles. The normalized spacial score (nSPS) is 11.3. The van der Waals surface area contributed by atoms with Gasteiger partial charge in [0.1, 0.15) is 6.04 Å². The van der Waals surface area contributed by atoms with Crippen molar-refractivity contribution in [2.24, 2.45) is 0 Å². The molecule has 0 saturated carbocycles. The van der Waals surface area contributed by atoms with E-state index in [1.807, 2.05) is 6.07 Å². The molecule has 8 heteroatoms. The number of anilines is 1. The number of hydrogen-bond acceptors (Lipinski definition) is 4. The van der Waals surface area contributed by atoms with Crippen LogP contribution in [0.2, 0.25) is 5.02 Å². The third kappa shape index (κ3) is 5.99. The molecule has 136 valence electrons. The summed E-state index contributed by atoms with van der Waals surface area (Å²) in [6, 6.07) is 12.8. The van der Waals surface area contributed by atoms with Crippen LogP contribution in [0, 0.1) is 3.57 Å². The Morgan fingerprint density at radius 3 is 2.58 bits per heavy atom. The van der Waals surface area contributed by atoms with E-state index in [-0.39, 0.29) is 10.6 Å². The second kappa shape index (κ2) is 9.54. The summed E-state index contributed by atoms with van der Waals surface area (Å²) < 4.78 is 5.90.